The fourth-order valence-electron chi connectivity index (χ4n) is 5.81. The molecule has 0 fully saturated rings. The molecule has 1 aliphatic carbocycles. The molecule has 1 atom stereocenters. The van der Waals surface area contributed by atoms with Crippen LogP contribution in [0.5, 0.6) is 5.75 Å². The maximum atomic E-state index is 13.0. The molecule has 1 amide bonds. The third-order valence-electron chi connectivity index (χ3n) is 7.75. The van der Waals surface area contributed by atoms with Crippen LogP contribution < -0.4 is 10.1 Å². The lowest BCUT2D eigenvalue weighted by Gasteiger charge is -2.18. The molecule has 7 heteroatoms. The molecule has 1 aliphatic rings. The first-order valence-corrected chi connectivity index (χ1v) is 14.2. The van der Waals surface area contributed by atoms with Gasteiger partial charge in [0, 0.05) is 34.5 Å². The Kier molecular flexibility index (Phi) is 7.64. The largest absolute Gasteiger partial charge is 0.494 e. The van der Waals surface area contributed by atoms with E-state index in [4.69, 9.17) is 9.47 Å². The zero-order valence-corrected chi connectivity index (χ0v) is 23.3. The van der Waals surface area contributed by atoms with Gasteiger partial charge in [0.15, 0.2) is 0 Å². The van der Waals surface area contributed by atoms with E-state index in [9.17, 15) is 14.7 Å². The van der Waals surface area contributed by atoms with Gasteiger partial charge in [0.1, 0.15) is 18.4 Å². The number of ether oxygens (including phenoxy) is 2. The van der Waals surface area contributed by atoms with Gasteiger partial charge in [0.25, 0.3) is 0 Å². The zero-order valence-electron chi connectivity index (χ0n) is 23.3. The number of carboxylic acids is 1. The fourth-order valence-corrected chi connectivity index (χ4v) is 5.81. The number of aromatic amines is 1. The second kappa shape index (κ2) is 11.8. The normalized spacial score (nSPS) is 12.9. The monoisotopic (exact) mass is 560 g/mol. The summed E-state index contributed by atoms with van der Waals surface area (Å²) in [5.74, 6) is -0.515. The molecule has 42 heavy (non-hydrogen) atoms. The van der Waals surface area contributed by atoms with Gasteiger partial charge in [-0.2, -0.15) is 0 Å². The highest BCUT2D eigenvalue weighted by atomic mass is 16.5. The predicted molar refractivity (Wildman–Crippen MR) is 163 cm³/mol. The number of carboxylic acid groups (broad SMARTS) is 1. The Morgan fingerprint density at radius 1 is 0.905 bits per heavy atom. The van der Waals surface area contributed by atoms with Crippen LogP contribution in [-0.4, -0.2) is 41.4 Å². The summed E-state index contributed by atoms with van der Waals surface area (Å²) in [6.07, 6.45) is 0.198. The third kappa shape index (κ3) is 5.33. The second-order valence-corrected chi connectivity index (χ2v) is 10.5. The van der Waals surface area contributed by atoms with E-state index in [1.807, 2.05) is 84.9 Å². The third-order valence-corrected chi connectivity index (χ3v) is 7.75. The van der Waals surface area contributed by atoms with Gasteiger partial charge < -0.3 is 24.9 Å². The number of nitrogens with one attached hydrogen (secondary N) is 2. The molecular formula is C35H32N2O5. The lowest BCUT2D eigenvalue weighted by atomic mass is 9.98. The van der Waals surface area contributed by atoms with Gasteiger partial charge in [-0.25, -0.2) is 9.59 Å². The predicted octanol–water partition coefficient (Wildman–Crippen LogP) is 7.16. The Balaban J connectivity index is 1.22. The summed E-state index contributed by atoms with van der Waals surface area (Å²) in [7, 11) is 0. The van der Waals surface area contributed by atoms with E-state index in [0.717, 1.165) is 62.1 Å². The first kappa shape index (κ1) is 27.1. The minimum absolute atomic E-state index is 0.0684. The smallest absolute Gasteiger partial charge is 0.407 e. The second-order valence-electron chi connectivity index (χ2n) is 10.5. The lowest BCUT2D eigenvalue weighted by molar-refractivity contribution is -0.139. The van der Waals surface area contributed by atoms with Crippen molar-refractivity contribution in [1.29, 1.82) is 0 Å². The van der Waals surface area contributed by atoms with Crippen molar-refractivity contribution in [3.8, 4) is 28.1 Å². The summed E-state index contributed by atoms with van der Waals surface area (Å²) in [5, 5.41) is 13.6. The summed E-state index contributed by atoms with van der Waals surface area (Å²) >= 11 is 0. The Bertz CT molecular complexity index is 1710. The van der Waals surface area contributed by atoms with E-state index in [1.54, 1.807) is 0 Å². The Morgan fingerprint density at radius 2 is 1.60 bits per heavy atom. The topological polar surface area (TPSA) is 101 Å². The molecule has 1 aromatic heterocycles. The number of aliphatic carboxylic acids is 1. The summed E-state index contributed by atoms with van der Waals surface area (Å²) in [5.41, 5.74) is 7.78. The van der Waals surface area contributed by atoms with E-state index < -0.39 is 18.1 Å². The van der Waals surface area contributed by atoms with Crippen molar-refractivity contribution < 1.29 is 24.2 Å². The number of para-hydroxylation sites is 1. The van der Waals surface area contributed by atoms with Crippen molar-refractivity contribution in [3.05, 3.63) is 114 Å². The van der Waals surface area contributed by atoms with E-state index in [0.29, 0.717) is 6.61 Å². The molecule has 0 bridgehead atoms. The minimum Gasteiger partial charge on any atom is -0.494 e. The Hall–Kier alpha value is -5.04. The van der Waals surface area contributed by atoms with Crippen LogP contribution in [-0.2, 0) is 16.0 Å². The van der Waals surface area contributed by atoms with Gasteiger partial charge in [0.05, 0.1) is 6.61 Å². The van der Waals surface area contributed by atoms with E-state index in [1.165, 1.54) is 0 Å². The molecule has 1 heterocycles. The first-order chi connectivity index (χ1) is 20.5. The number of rotatable bonds is 10. The molecule has 0 saturated carbocycles. The first-order valence-electron chi connectivity index (χ1n) is 14.2. The summed E-state index contributed by atoms with van der Waals surface area (Å²) in [4.78, 5) is 28.9. The number of benzene rings is 4. The van der Waals surface area contributed by atoms with Crippen molar-refractivity contribution in [2.24, 2.45) is 0 Å². The average Bonchev–Trinajstić information content (AvgIpc) is 3.54. The van der Waals surface area contributed by atoms with Crippen LogP contribution in [0.3, 0.4) is 0 Å². The van der Waals surface area contributed by atoms with Crippen LogP contribution >= 0.6 is 0 Å². The van der Waals surface area contributed by atoms with Crippen molar-refractivity contribution in [3.63, 3.8) is 0 Å². The lowest BCUT2D eigenvalue weighted by Crippen LogP contribution is -2.43. The number of aromatic nitrogens is 1. The SMILES string of the molecule is CCCOc1cccc(-c2[nH]c3ccccc3c2C[C@H](NC(=O)OCC2c3ccccc3-c3ccccc32)C(=O)O)c1. The van der Waals surface area contributed by atoms with Crippen molar-refractivity contribution in [1.82, 2.24) is 10.3 Å². The fraction of sp³-hybridized carbons (Fsp3) is 0.200. The Morgan fingerprint density at radius 3 is 2.31 bits per heavy atom. The van der Waals surface area contributed by atoms with Gasteiger partial charge in [0.2, 0.25) is 0 Å². The number of H-pyrrole nitrogens is 1. The van der Waals surface area contributed by atoms with Crippen molar-refractivity contribution in [2.45, 2.75) is 31.7 Å². The molecule has 0 spiro atoms. The molecule has 5 aromatic rings. The maximum Gasteiger partial charge on any atom is 0.407 e. The van der Waals surface area contributed by atoms with Gasteiger partial charge in [-0.1, -0.05) is 85.8 Å². The van der Waals surface area contributed by atoms with Gasteiger partial charge >= 0.3 is 12.1 Å². The van der Waals surface area contributed by atoms with E-state index >= 15 is 0 Å². The molecular weight excluding hydrogens is 528 g/mol. The molecule has 4 aromatic carbocycles. The number of fused-ring (bicyclic) bond motifs is 4. The quantitative estimate of drug-likeness (QED) is 0.168. The highest BCUT2D eigenvalue weighted by molar-refractivity contribution is 5.92. The van der Waals surface area contributed by atoms with Gasteiger partial charge in [-0.3, -0.25) is 0 Å². The number of hydrogen-bond donors (Lipinski definition) is 3. The molecule has 0 aliphatic heterocycles. The molecule has 6 rings (SSSR count). The molecule has 0 radical (unpaired) electrons. The number of carbonyl (C=O) groups is 2. The summed E-state index contributed by atoms with van der Waals surface area (Å²) in [6, 6.07) is 30.4. The van der Waals surface area contributed by atoms with Crippen LogP contribution in [0, 0.1) is 0 Å². The highest BCUT2D eigenvalue weighted by Crippen LogP contribution is 2.44. The van der Waals surface area contributed by atoms with Gasteiger partial charge in [-0.05, 0) is 52.4 Å². The maximum absolute atomic E-state index is 13.0. The van der Waals surface area contributed by atoms with Crippen LogP contribution in [0.2, 0.25) is 0 Å². The number of hydrogen-bond acceptors (Lipinski definition) is 4. The van der Waals surface area contributed by atoms with Crippen LogP contribution in [0.4, 0.5) is 4.79 Å². The summed E-state index contributed by atoms with van der Waals surface area (Å²) < 4.78 is 11.5. The number of carbonyl (C=O) groups excluding carboxylic acids is 1. The highest BCUT2D eigenvalue weighted by Gasteiger charge is 2.30. The molecule has 0 unspecified atom stereocenters. The minimum atomic E-state index is -1.20. The van der Waals surface area contributed by atoms with Crippen LogP contribution in [0.1, 0.15) is 36.0 Å². The molecule has 212 valence electrons. The number of alkyl carbamates (subject to hydrolysis) is 1. The van der Waals surface area contributed by atoms with Crippen molar-refractivity contribution >= 4 is 23.0 Å². The standard InChI is InChI=1S/C35H32N2O5/c1-2-18-41-23-11-9-10-22(19-23)33-29(28-16-7-8-17-31(28)36-33)20-32(34(38)39)37-35(40)42-21-30-26-14-5-3-12-24(26)25-13-4-6-15-27(25)30/h3-17,19,30,32,36H,2,18,20-21H2,1H3,(H,37,40)(H,38,39)/t32-/m0/s1. The van der Waals surface area contributed by atoms with E-state index in [-0.39, 0.29) is 18.9 Å². The molecule has 0 saturated heterocycles. The Labute approximate surface area is 244 Å². The zero-order chi connectivity index (χ0) is 29.1. The van der Waals surface area contributed by atoms with Crippen LogP contribution in [0.15, 0.2) is 97.1 Å². The van der Waals surface area contributed by atoms with Crippen LogP contribution in [0.25, 0.3) is 33.3 Å². The molecule has 3 N–H and O–H groups in total. The number of amides is 1. The average molecular weight is 561 g/mol. The van der Waals surface area contributed by atoms with Crippen molar-refractivity contribution in [2.75, 3.05) is 13.2 Å². The summed E-state index contributed by atoms with van der Waals surface area (Å²) in [6.45, 7) is 2.76. The van der Waals surface area contributed by atoms with E-state index in [2.05, 4.69) is 29.4 Å². The molecule has 7 nitrogen and oxygen atoms in total. The van der Waals surface area contributed by atoms with Gasteiger partial charge in [-0.15, -0.1) is 0 Å².